The minimum Gasteiger partial charge on any atom is -0.392 e. The third kappa shape index (κ3) is 3.16. The molecule has 0 radical (unpaired) electrons. The number of allylic oxidation sites excluding steroid dienone is 1. The maximum absolute atomic E-state index is 12.9. The monoisotopic (exact) mass is 472 g/mol. The molecule has 1 heterocycles. The molecule has 4 aliphatic carbocycles. The lowest BCUT2D eigenvalue weighted by Gasteiger charge is -2.69. The molecule has 34 heavy (non-hydrogen) atoms. The van der Waals surface area contributed by atoms with Crippen LogP contribution < -0.4 is 0 Å². The minimum atomic E-state index is -0.432. The van der Waals surface area contributed by atoms with Crippen molar-refractivity contribution in [3.63, 3.8) is 0 Å². The highest BCUT2D eigenvalue weighted by atomic mass is 16.6. The molecule has 1 aliphatic heterocycles. The summed E-state index contributed by atoms with van der Waals surface area (Å²) in [6, 6.07) is 0. The molecule has 0 aromatic carbocycles. The van der Waals surface area contributed by atoms with Crippen molar-refractivity contribution >= 4 is 5.78 Å². The Morgan fingerprint density at radius 1 is 1.03 bits per heavy atom. The van der Waals surface area contributed by atoms with Crippen molar-refractivity contribution in [1.29, 1.82) is 0 Å². The van der Waals surface area contributed by atoms with Gasteiger partial charge in [0.1, 0.15) is 11.9 Å². The molecule has 1 saturated heterocycles. The summed E-state index contributed by atoms with van der Waals surface area (Å²) in [4.78, 5) is 12.9. The smallest absolute Gasteiger partial charge is 0.138 e. The van der Waals surface area contributed by atoms with Gasteiger partial charge in [0.25, 0.3) is 0 Å². The van der Waals surface area contributed by atoms with Crippen LogP contribution in [0.2, 0.25) is 0 Å². The van der Waals surface area contributed by atoms with E-state index >= 15 is 0 Å². The third-order valence-electron chi connectivity index (χ3n) is 12.2. The first-order chi connectivity index (χ1) is 15.6. The zero-order valence-electron chi connectivity index (χ0n) is 22.8. The number of epoxide rings is 1. The largest absolute Gasteiger partial charge is 0.392 e. The lowest BCUT2D eigenvalue weighted by Crippen LogP contribution is -2.65. The maximum Gasteiger partial charge on any atom is 0.138 e. The average molecular weight is 473 g/mol. The first-order valence-corrected chi connectivity index (χ1v) is 13.9. The number of hydrogen-bond donors (Lipinski definition) is 2. The number of carbonyl (C=O) groups is 1. The van der Waals surface area contributed by atoms with E-state index in [1.54, 1.807) is 0 Å². The van der Waals surface area contributed by atoms with Gasteiger partial charge >= 0.3 is 0 Å². The summed E-state index contributed by atoms with van der Waals surface area (Å²) >= 11 is 0. The number of aliphatic hydroxyl groups is 2. The van der Waals surface area contributed by atoms with Gasteiger partial charge in [0, 0.05) is 11.8 Å². The number of ketones is 1. The van der Waals surface area contributed by atoms with Crippen molar-refractivity contribution in [1.82, 2.24) is 0 Å². The van der Waals surface area contributed by atoms with Gasteiger partial charge in [-0.15, -0.1) is 0 Å². The Morgan fingerprint density at radius 3 is 2.29 bits per heavy atom. The van der Waals surface area contributed by atoms with E-state index in [0.29, 0.717) is 24.0 Å². The molecule has 4 fully saturated rings. The lowest BCUT2D eigenvalue weighted by molar-refractivity contribution is -0.208. The Labute approximate surface area is 206 Å². The van der Waals surface area contributed by atoms with Gasteiger partial charge < -0.3 is 14.9 Å². The van der Waals surface area contributed by atoms with Crippen molar-refractivity contribution in [2.75, 3.05) is 0 Å². The second-order valence-corrected chi connectivity index (χ2v) is 14.6. The predicted octanol–water partition coefficient (Wildman–Crippen LogP) is 5.84. The number of rotatable bonds is 4. The number of carbonyl (C=O) groups excluding carboxylic acids is 1. The van der Waals surface area contributed by atoms with E-state index in [2.05, 4.69) is 55.4 Å². The highest BCUT2D eigenvalue weighted by molar-refractivity contribution is 5.85. The van der Waals surface area contributed by atoms with Crippen LogP contribution in [0.25, 0.3) is 0 Å². The molecular weight excluding hydrogens is 424 g/mol. The summed E-state index contributed by atoms with van der Waals surface area (Å²) in [7, 11) is 0. The van der Waals surface area contributed by atoms with Gasteiger partial charge in [-0.2, -0.15) is 0 Å². The molecule has 0 spiro atoms. The summed E-state index contributed by atoms with van der Waals surface area (Å²) in [6.07, 6.45) is 6.59. The highest BCUT2D eigenvalue weighted by Crippen LogP contribution is 2.74. The fourth-order valence-corrected chi connectivity index (χ4v) is 10.1. The van der Waals surface area contributed by atoms with E-state index in [9.17, 15) is 15.0 Å². The molecule has 4 unspecified atom stereocenters. The van der Waals surface area contributed by atoms with Gasteiger partial charge in [-0.05, 0) is 92.8 Å². The van der Waals surface area contributed by atoms with Crippen molar-refractivity contribution in [3.8, 4) is 0 Å². The summed E-state index contributed by atoms with van der Waals surface area (Å²) in [6.45, 7) is 18.0. The average Bonchev–Trinajstić information content (AvgIpc) is 3.23. The Bertz CT molecular complexity index is 917. The summed E-state index contributed by atoms with van der Waals surface area (Å²) in [5.74, 6) is 1.28. The number of ether oxygens (including phenoxy) is 1. The Kier molecular flexibility index (Phi) is 5.44. The molecule has 192 valence electrons. The van der Waals surface area contributed by atoms with E-state index in [1.165, 1.54) is 11.1 Å². The van der Waals surface area contributed by atoms with Crippen LogP contribution in [0, 0.1) is 39.4 Å². The van der Waals surface area contributed by atoms with Crippen LogP contribution in [0.1, 0.15) is 107 Å². The van der Waals surface area contributed by atoms with Crippen molar-refractivity contribution in [3.05, 3.63) is 11.1 Å². The highest BCUT2D eigenvalue weighted by Gasteiger charge is 2.69. The SMILES string of the molecule is CC(C[C@H](O)[C@H]1OC1(C)C)C1=C2CC(O)C3C4(C)CCC(=O)C(C)(C)[C@@H]4CC[C@]3(C)[C@@]2(C)CC1. The first kappa shape index (κ1) is 25.0. The molecule has 5 rings (SSSR count). The summed E-state index contributed by atoms with van der Waals surface area (Å²) < 4.78 is 5.72. The normalized spacial score (nSPS) is 48.6. The zero-order valence-corrected chi connectivity index (χ0v) is 22.8. The van der Waals surface area contributed by atoms with Crippen molar-refractivity contribution in [2.45, 2.75) is 131 Å². The van der Waals surface area contributed by atoms with Gasteiger partial charge in [-0.1, -0.05) is 52.7 Å². The van der Waals surface area contributed by atoms with Crippen LogP contribution >= 0.6 is 0 Å². The van der Waals surface area contributed by atoms with Crippen molar-refractivity contribution < 1.29 is 19.7 Å². The molecule has 9 atom stereocenters. The molecule has 4 heteroatoms. The van der Waals surface area contributed by atoms with E-state index < -0.39 is 6.10 Å². The van der Waals surface area contributed by atoms with E-state index in [4.69, 9.17) is 4.74 Å². The minimum absolute atomic E-state index is 0.00216. The molecule has 0 bridgehead atoms. The van der Waals surface area contributed by atoms with Gasteiger partial charge in [0.05, 0.1) is 17.8 Å². The Balaban J connectivity index is 1.47. The van der Waals surface area contributed by atoms with E-state index in [-0.39, 0.29) is 45.4 Å². The number of aliphatic hydroxyl groups excluding tert-OH is 2. The van der Waals surface area contributed by atoms with E-state index in [1.807, 2.05) is 0 Å². The zero-order chi connectivity index (χ0) is 25.1. The van der Waals surface area contributed by atoms with Crippen LogP contribution in [0.3, 0.4) is 0 Å². The third-order valence-corrected chi connectivity index (χ3v) is 12.2. The molecule has 0 aromatic heterocycles. The van der Waals surface area contributed by atoms with Crippen LogP contribution in [0.5, 0.6) is 0 Å². The maximum atomic E-state index is 12.9. The van der Waals surface area contributed by atoms with E-state index in [0.717, 1.165) is 44.9 Å². The standard InChI is InChI=1S/C30H48O4/c1-17(15-21(32)25-27(4,5)34-25)18-9-13-29(7)19(18)16-20(31)24-28(6)12-11-23(33)26(2,3)22(28)10-14-30(24,29)8/h17,20-22,24-25,31-32H,9-16H2,1-8H3/t17?,20?,21-,22-,24?,25+,28?,29-,30-/m0/s1. The molecule has 3 saturated carbocycles. The van der Waals surface area contributed by atoms with Gasteiger partial charge in [-0.3, -0.25) is 4.79 Å². The van der Waals surface area contributed by atoms with Crippen LogP contribution in [-0.4, -0.2) is 39.9 Å². The van der Waals surface area contributed by atoms with Gasteiger partial charge in [0.15, 0.2) is 0 Å². The molecule has 0 amide bonds. The van der Waals surface area contributed by atoms with Gasteiger partial charge in [0.2, 0.25) is 0 Å². The van der Waals surface area contributed by atoms with Crippen molar-refractivity contribution in [2.24, 2.45) is 39.4 Å². The first-order valence-electron chi connectivity index (χ1n) is 13.9. The van der Waals surface area contributed by atoms with Crippen LogP contribution in [0.15, 0.2) is 11.1 Å². The molecule has 4 nitrogen and oxygen atoms in total. The molecular formula is C30H48O4. The fourth-order valence-electron chi connectivity index (χ4n) is 10.1. The lowest BCUT2D eigenvalue weighted by atomic mass is 9.36. The Hall–Kier alpha value is -0.710. The van der Waals surface area contributed by atoms with Crippen LogP contribution in [0.4, 0.5) is 0 Å². The van der Waals surface area contributed by atoms with Gasteiger partial charge in [-0.25, -0.2) is 0 Å². The number of Topliss-reactive ketones (excluding diaryl/α,β-unsaturated/α-hetero) is 1. The topological polar surface area (TPSA) is 70.1 Å². The van der Waals surface area contributed by atoms with Crippen LogP contribution in [-0.2, 0) is 9.53 Å². The number of fused-ring (bicyclic) bond motifs is 5. The summed E-state index contributed by atoms with van der Waals surface area (Å²) in [5.41, 5.74) is 2.59. The second kappa shape index (κ2) is 7.42. The quantitative estimate of drug-likeness (QED) is 0.398. The molecule has 0 aromatic rings. The Morgan fingerprint density at radius 2 is 1.68 bits per heavy atom. The molecule has 5 aliphatic rings. The molecule has 2 N–H and O–H groups in total. The summed E-state index contributed by atoms with van der Waals surface area (Å²) in [5, 5.41) is 22.6. The number of hydrogen-bond acceptors (Lipinski definition) is 4. The second-order valence-electron chi connectivity index (χ2n) is 14.6. The fraction of sp³-hybridized carbons (Fsp3) is 0.900. The predicted molar refractivity (Wildman–Crippen MR) is 134 cm³/mol.